The summed E-state index contributed by atoms with van der Waals surface area (Å²) in [5.74, 6) is 0.869. The van der Waals surface area contributed by atoms with Crippen LogP contribution >= 0.6 is 0 Å². The number of pyridine rings is 1. The number of ether oxygens (including phenoxy) is 1. The van der Waals surface area contributed by atoms with E-state index in [1.54, 1.807) is 19.4 Å². The van der Waals surface area contributed by atoms with E-state index >= 15 is 0 Å². The number of hydrogen-bond donors (Lipinski definition) is 2. The summed E-state index contributed by atoms with van der Waals surface area (Å²) < 4.78 is 5.18. The van der Waals surface area contributed by atoms with Crippen molar-refractivity contribution in [2.24, 2.45) is 4.99 Å². The molecular formula is C22H22N4O2. The molecule has 0 radical (unpaired) electrons. The van der Waals surface area contributed by atoms with Crippen LogP contribution < -0.4 is 15.4 Å². The Bertz CT molecular complexity index is 954. The zero-order valence-electron chi connectivity index (χ0n) is 15.8. The maximum absolute atomic E-state index is 12.6. The molecule has 0 fully saturated rings. The van der Waals surface area contributed by atoms with E-state index in [1.165, 1.54) is 0 Å². The van der Waals surface area contributed by atoms with Crippen molar-refractivity contribution in [1.29, 1.82) is 0 Å². The Morgan fingerprint density at radius 3 is 2.57 bits per heavy atom. The molecule has 6 heteroatoms. The van der Waals surface area contributed by atoms with Gasteiger partial charge in [0.1, 0.15) is 5.75 Å². The number of carbonyl (C=O) groups is 1. The second kappa shape index (κ2) is 9.32. The number of guanidine groups is 1. The molecule has 0 aliphatic rings. The summed E-state index contributed by atoms with van der Waals surface area (Å²) in [5, 5.41) is 6.00. The largest absolute Gasteiger partial charge is 0.497 e. The van der Waals surface area contributed by atoms with Crippen LogP contribution in [0.5, 0.6) is 5.75 Å². The minimum absolute atomic E-state index is 0.232. The van der Waals surface area contributed by atoms with Crippen LogP contribution in [0.3, 0.4) is 0 Å². The first-order valence-corrected chi connectivity index (χ1v) is 8.87. The van der Waals surface area contributed by atoms with Crippen LogP contribution in [0.15, 0.2) is 77.9 Å². The first kappa shape index (κ1) is 19.1. The van der Waals surface area contributed by atoms with Gasteiger partial charge in [-0.3, -0.25) is 15.1 Å². The van der Waals surface area contributed by atoms with E-state index in [4.69, 9.17) is 4.74 Å². The van der Waals surface area contributed by atoms with Crippen molar-refractivity contribution in [3.05, 3.63) is 89.7 Å². The predicted octanol–water partition coefficient (Wildman–Crippen LogP) is 3.80. The predicted molar refractivity (Wildman–Crippen MR) is 111 cm³/mol. The molecule has 0 saturated heterocycles. The Labute approximate surface area is 164 Å². The van der Waals surface area contributed by atoms with Gasteiger partial charge in [-0.15, -0.1) is 0 Å². The number of benzene rings is 2. The van der Waals surface area contributed by atoms with Crippen molar-refractivity contribution in [3.63, 3.8) is 0 Å². The molecule has 0 atom stereocenters. The fourth-order valence-corrected chi connectivity index (χ4v) is 2.54. The number of anilines is 1. The second-order valence-electron chi connectivity index (χ2n) is 6.16. The highest BCUT2D eigenvalue weighted by atomic mass is 16.5. The van der Waals surface area contributed by atoms with E-state index in [-0.39, 0.29) is 5.91 Å². The summed E-state index contributed by atoms with van der Waals surface area (Å²) in [7, 11) is 1.62. The summed E-state index contributed by atoms with van der Waals surface area (Å²) in [6.45, 7) is 2.29. The molecule has 2 aromatic carbocycles. The van der Waals surface area contributed by atoms with E-state index < -0.39 is 0 Å². The van der Waals surface area contributed by atoms with Crippen molar-refractivity contribution in [2.45, 2.75) is 13.5 Å². The van der Waals surface area contributed by atoms with Crippen molar-refractivity contribution in [2.75, 3.05) is 12.4 Å². The standard InChI is InChI=1S/C22H22N4O2/c1-16-6-5-7-17(14-16)21(27)26-22(24-15-19-8-3-4-13-23-19)25-18-9-11-20(28-2)12-10-18/h3-14H,15H2,1-2H3,(H2,24,25,26,27). The van der Waals surface area contributed by atoms with Crippen molar-refractivity contribution < 1.29 is 9.53 Å². The number of amides is 1. The van der Waals surface area contributed by atoms with Gasteiger partial charge in [0, 0.05) is 17.4 Å². The third kappa shape index (κ3) is 5.41. The Hall–Kier alpha value is -3.67. The molecule has 1 amide bonds. The van der Waals surface area contributed by atoms with Gasteiger partial charge < -0.3 is 10.1 Å². The van der Waals surface area contributed by atoms with E-state index in [0.29, 0.717) is 18.1 Å². The molecule has 0 saturated carbocycles. The lowest BCUT2D eigenvalue weighted by atomic mass is 10.1. The molecular weight excluding hydrogens is 352 g/mol. The summed E-state index contributed by atoms with van der Waals surface area (Å²) in [5.41, 5.74) is 3.18. The Morgan fingerprint density at radius 2 is 1.89 bits per heavy atom. The van der Waals surface area contributed by atoms with Gasteiger partial charge in [0.2, 0.25) is 5.96 Å². The van der Waals surface area contributed by atoms with Crippen LogP contribution in [0.2, 0.25) is 0 Å². The van der Waals surface area contributed by atoms with Gasteiger partial charge in [0.05, 0.1) is 19.3 Å². The molecule has 1 aromatic heterocycles. The Balaban J connectivity index is 1.79. The van der Waals surface area contributed by atoms with Crippen LogP contribution in [-0.2, 0) is 6.54 Å². The Morgan fingerprint density at radius 1 is 1.07 bits per heavy atom. The van der Waals surface area contributed by atoms with Crippen LogP contribution in [0.4, 0.5) is 5.69 Å². The smallest absolute Gasteiger partial charge is 0.257 e. The highest BCUT2D eigenvalue weighted by molar-refractivity contribution is 6.10. The fraction of sp³-hybridized carbons (Fsp3) is 0.136. The lowest BCUT2D eigenvalue weighted by Crippen LogP contribution is -2.36. The minimum Gasteiger partial charge on any atom is -0.497 e. The van der Waals surface area contributed by atoms with E-state index in [0.717, 1.165) is 22.7 Å². The zero-order valence-corrected chi connectivity index (χ0v) is 15.8. The van der Waals surface area contributed by atoms with Crippen molar-refractivity contribution in [1.82, 2.24) is 10.3 Å². The maximum Gasteiger partial charge on any atom is 0.257 e. The molecule has 0 spiro atoms. The number of aliphatic imine (C=N–C) groups is 1. The second-order valence-corrected chi connectivity index (χ2v) is 6.16. The highest BCUT2D eigenvalue weighted by Gasteiger charge is 2.10. The van der Waals surface area contributed by atoms with Crippen LogP contribution in [0, 0.1) is 6.92 Å². The van der Waals surface area contributed by atoms with Gasteiger partial charge in [-0.05, 0) is 55.5 Å². The first-order chi connectivity index (χ1) is 13.6. The molecule has 1 heterocycles. The third-order valence-corrected chi connectivity index (χ3v) is 3.99. The Kier molecular flexibility index (Phi) is 6.36. The zero-order chi connectivity index (χ0) is 19.8. The molecule has 2 N–H and O–H groups in total. The van der Waals surface area contributed by atoms with Crippen LogP contribution in [0.1, 0.15) is 21.6 Å². The lowest BCUT2D eigenvalue weighted by molar-refractivity contribution is 0.0977. The van der Waals surface area contributed by atoms with Gasteiger partial charge in [-0.2, -0.15) is 0 Å². The minimum atomic E-state index is -0.232. The van der Waals surface area contributed by atoms with Crippen LogP contribution in [-0.4, -0.2) is 24.0 Å². The van der Waals surface area contributed by atoms with Crippen molar-refractivity contribution in [3.8, 4) is 5.75 Å². The van der Waals surface area contributed by atoms with E-state index in [1.807, 2.05) is 67.6 Å². The van der Waals surface area contributed by atoms with E-state index in [2.05, 4.69) is 20.6 Å². The van der Waals surface area contributed by atoms with Crippen molar-refractivity contribution >= 4 is 17.6 Å². The number of hydrogen-bond acceptors (Lipinski definition) is 4. The number of aromatic nitrogens is 1. The van der Waals surface area contributed by atoms with Gasteiger partial charge in [0.25, 0.3) is 5.91 Å². The average molecular weight is 374 g/mol. The molecule has 0 bridgehead atoms. The lowest BCUT2D eigenvalue weighted by Gasteiger charge is -2.12. The van der Waals surface area contributed by atoms with Crippen LogP contribution in [0.25, 0.3) is 0 Å². The van der Waals surface area contributed by atoms with Gasteiger partial charge in [0.15, 0.2) is 0 Å². The number of aryl methyl sites for hydroxylation is 1. The number of nitrogens with one attached hydrogen (secondary N) is 2. The number of rotatable bonds is 5. The summed E-state index contributed by atoms with van der Waals surface area (Å²) in [6, 6.07) is 20.4. The topological polar surface area (TPSA) is 75.6 Å². The highest BCUT2D eigenvalue weighted by Crippen LogP contribution is 2.15. The summed E-state index contributed by atoms with van der Waals surface area (Å²) in [6.07, 6.45) is 1.72. The SMILES string of the molecule is COc1ccc(NC(=NCc2ccccn2)NC(=O)c2cccc(C)c2)cc1. The van der Waals surface area contributed by atoms with Gasteiger partial charge in [-0.25, -0.2) is 4.99 Å². The number of carbonyl (C=O) groups excluding carboxylic acids is 1. The third-order valence-electron chi connectivity index (χ3n) is 3.99. The molecule has 0 unspecified atom stereocenters. The summed E-state index contributed by atoms with van der Waals surface area (Å²) >= 11 is 0. The molecule has 0 aliphatic carbocycles. The molecule has 142 valence electrons. The van der Waals surface area contributed by atoms with Gasteiger partial charge in [-0.1, -0.05) is 23.8 Å². The molecule has 6 nitrogen and oxygen atoms in total. The molecule has 3 aromatic rings. The fourth-order valence-electron chi connectivity index (χ4n) is 2.54. The monoisotopic (exact) mass is 374 g/mol. The first-order valence-electron chi connectivity index (χ1n) is 8.87. The molecule has 28 heavy (non-hydrogen) atoms. The average Bonchev–Trinajstić information content (AvgIpc) is 2.73. The molecule has 0 aliphatic heterocycles. The summed E-state index contributed by atoms with van der Waals surface area (Å²) in [4.78, 5) is 21.4. The quantitative estimate of drug-likeness (QED) is 0.526. The maximum atomic E-state index is 12.6. The van der Waals surface area contributed by atoms with Gasteiger partial charge >= 0.3 is 0 Å². The molecule has 3 rings (SSSR count). The normalized spacial score (nSPS) is 11.0. The van der Waals surface area contributed by atoms with E-state index in [9.17, 15) is 4.79 Å². The number of nitrogens with zero attached hydrogens (tertiary/aromatic N) is 2. The number of methoxy groups -OCH3 is 1.